The van der Waals surface area contributed by atoms with Crippen LogP contribution in [0.15, 0.2) is 53.7 Å². The second kappa shape index (κ2) is 9.75. The van der Waals surface area contributed by atoms with Crippen molar-refractivity contribution in [2.24, 2.45) is 5.92 Å². The Hall–Kier alpha value is -3.19. The summed E-state index contributed by atoms with van der Waals surface area (Å²) >= 11 is 5.94. The number of amides is 2. The van der Waals surface area contributed by atoms with Crippen LogP contribution in [0.5, 0.6) is 11.5 Å². The number of carbonyl (C=O) groups is 2. The lowest BCUT2D eigenvalue weighted by molar-refractivity contribution is -0.136. The minimum atomic E-state index is -0.692. The lowest BCUT2D eigenvalue weighted by Crippen LogP contribution is -2.47. The van der Waals surface area contributed by atoms with Gasteiger partial charge in [-0.1, -0.05) is 43.6 Å². The first-order valence-corrected chi connectivity index (χ1v) is 10.2. The number of hydrogen-bond acceptors (Lipinski definition) is 5. The first kappa shape index (κ1) is 22.5. The highest BCUT2D eigenvalue weighted by Crippen LogP contribution is 2.36. The molecule has 2 aromatic carbocycles. The molecule has 1 aliphatic rings. The molecular formula is C23H25ClN2O5. The summed E-state index contributed by atoms with van der Waals surface area (Å²) in [6, 6.07) is 11.5. The Morgan fingerprint density at radius 1 is 1.10 bits per heavy atom. The first-order valence-electron chi connectivity index (χ1n) is 9.79. The van der Waals surface area contributed by atoms with E-state index < -0.39 is 12.0 Å². The van der Waals surface area contributed by atoms with Crippen molar-refractivity contribution >= 4 is 23.6 Å². The summed E-state index contributed by atoms with van der Waals surface area (Å²) in [4.78, 5) is 24.9. The Morgan fingerprint density at radius 3 is 2.42 bits per heavy atom. The highest BCUT2D eigenvalue weighted by molar-refractivity contribution is 6.30. The Kier molecular flexibility index (Phi) is 7.07. The molecule has 1 aliphatic heterocycles. The van der Waals surface area contributed by atoms with E-state index in [4.69, 9.17) is 25.8 Å². The van der Waals surface area contributed by atoms with Crippen molar-refractivity contribution in [2.75, 3.05) is 14.2 Å². The number of ether oxygens (including phenoxy) is 3. The highest BCUT2D eigenvalue weighted by Gasteiger charge is 2.34. The monoisotopic (exact) mass is 444 g/mol. The second-order valence-electron chi connectivity index (χ2n) is 7.33. The summed E-state index contributed by atoms with van der Waals surface area (Å²) in [6.07, 6.45) is 0. The molecule has 2 amide bonds. The molecule has 1 unspecified atom stereocenters. The van der Waals surface area contributed by atoms with Crippen molar-refractivity contribution in [1.29, 1.82) is 0 Å². The van der Waals surface area contributed by atoms with E-state index in [0.29, 0.717) is 40.0 Å². The number of allylic oxidation sites excluding steroid dienone is 1. The smallest absolute Gasteiger partial charge is 0.337 e. The molecule has 0 spiro atoms. The van der Waals surface area contributed by atoms with E-state index in [0.717, 1.165) is 5.56 Å². The summed E-state index contributed by atoms with van der Waals surface area (Å²) in [6.45, 7) is 4.09. The zero-order valence-electron chi connectivity index (χ0n) is 17.8. The molecule has 0 saturated heterocycles. The van der Waals surface area contributed by atoms with E-state index in [1.54, 1.807) is 37.4 Å². The molecule has 0 bridgehead atoms. The molecular weight excluding hydrogens is 420 g/mol. The van der Waals surface area contributed by atoms with Crippen LogP contribution in [0.1, 0.15) is 31.0 Å². The van der Waals surface area contributed by atoms with E-state index >= 15 is 0 Å². The molecule has 1 heterocycles. The van der Waals surface area contributed by atoms with Gasteiger partial charge < -0.3 is 24.8 Å². The molecule has 0 fully saturated rings. The van der Waals surface area contributed by atoms with Gasteiger partial charge in [0.1, 0.15) is 6.61 Å². The molecule has 8 heteroatoms. The fraction of sp³-hybridized carbons (Fsp3) is 0.304. The van der Waals surface area contributed by atoms with Crippen LogP contribution in [-0.4, -0.2) is 26.2 Å². The van der Waals surface area contributed by atoms with Gasteiger partial charge in [-0.15, -0.1) is 0 Å². The van der Waals surface area contributed by atoms with Gasteiger partial charge in [0.15, 0.2) is 11.5 Å². The predicted molar refractivity (Wildman–Crippen MR) is 117 cm³/mol. The SMILES string of the molecule is COC(=O)C1=C(C(C)C)NC(=O)NC1c1ccc(OC)c(OCc2ccc(Cl)cc2)c1. The van der Waals surface area contributed by atoms with E-state index in [9.17, 15) is 9.59 Å². The topological polar surface area (TPSA) is 85.9 Å². The molecule has 3 rings (SSSR count). The number of rotatable bonds is 7. The number of benzene rings is 2. The number of hydrogen-bond donors (Lipinski definition) is 2. The van der Waals surface area contributed by atoms with Gasteiger partial charge in [0.05, 0.1) is 25.8 Å². The Morgan fingerprint density at radius 2 is 1.81 bits per heavy atom. The molecule has 2 N–H and O–H groups in total. The van der Waals surface area contributed by atoms with Crippen LogP contribution >= 0.6 is 11.6 Å². The van der Waals surface area contributed by atoms with Crippen molar-refractivity contribution in [3.63, 3.8) is 0 Å². The van der Waals surface area contributed by atoms with Crippen LogP contribution in [0, 0.1) is 5.92 Å². The summed E-state index contributed by atoms with van der Waals surface area (Å²) in [5.41, 5.74) is 2.48. The van der Waals surface area contributed by atoms with Crippen molar-refractivity contribution in [1.82, 2.24) is 10.6 Å². The van der Waals surface area contributed by atoms with Gasteiger partial charge in [0, 0.05) is 10.7 Å². The van der Waals surface area contributed by atoms with E-state index in [1.807, 2.05) is 26.0 Å². The van der Waals surface area contributed by atoms with Crippen molar-refractivity contribution in [3.05, 3.63) is 69.9 Å². The van der Waals surface area contributed by atoms with Gasteiger partial charge >= 0.3 is 12.0 Å². The standard InChI is InChI=1S/C23H25ClN2O5/c1-13(2)20-19(22(27)30-4)21(26-23(28)25-20)15-7-10-17(29-3)18(11-15)31-12-14-5-8-16(24)9-6-14/h5-11,13,21H,12H2,1-4H3,(H2,25,26,28). The second-order valence-corrected chi connectivity index (χ2v) is 7.77. The lowest BCUT2D eigenvalue weighted by atomic mass is 9.91. The molecule has 164 valence electrons. The third-order valence-corrected chi connectivity index (χ3v) is 5.17. The molecule has 0 saturated carbocycles. The number of halogens is 1. The number of urea groups is 1. The molecule has 0 aliphatic carbocycles. The van der Waals surface area contributed by atoms with Crippen LogP contribution in [0.25, 0.3) is 0 Å². The Balaban J connectivity index is 1.97. The minimum absolute atomic E-state index is 0.0819. The van der Waals surface area contributed by atoms with Gasteiger partial charge in [-0.05, 0) is 41.3 Å². The quantitative estimate of drug-likeness (QED) is 0.619. The van der Waals surface area contributed by atoms with Crippen LogP contribution in [0.4, 0.5) is 4.79 Å². The molecule has 0 aromatic heterocycles. The third-order valence-electron chi connectivity index (χ3n) is 4.91. The summed E-state index contributed by atoms with van der Waals surface area (Å²) in [5.74, 6) is 0.422. The maximum Gasteiger partial charge on any atom is 0.337 e. The summed E-state index contributed by atoms with van der Waals surface area (Å²) in [7, 11) is 2.86. The number of methoxy groups -OCH3 is 2. The average molecular weight is 445 g/mol. The van der Waals surface area contributed by atoms with E-state index in [2.05, 4.69) is 10.6 Å². The van der Waals surface area contributed by atoms with Gasteiger partial charge in [0.25, 0.3) is 0 Å². The van der Waals surface area contributed by atoms with Crippen LogP contribution < -0.4 is 20.1 Å². The Bertz CT molecular complexity index is 1000. The number of nitrogens with one attached hydrogen (secondary N) is 2. The molecule has 2 aromatic rings. The van der Waals surface area contributed by atoms with Crippen LogP contribution in [-0.2, 0) is 16.1 Å². The van der Waals surface area contributed by atoms with E-state index in [-0.39, 0.29) is 11.9 Å². The molecule has 1 atom stereocenters. The first-order chi connectivity index (χ1) is 14.8. The Labute approximate surface area is 186 Å². The fourth-order valence-electron chi connectivity index (χ4n) is 3.35. The van der Waals surface area contributed by atoms with Crippen molar-refractivity contribution in [3.8, 4) is 11.5 Å². The normalized spacial score (nSPS) is 15.9. The fourth-order valence-corrected chi connectivity index (χ4v) is 3.48. The molecule has 31 heavy (non-hydrogen) atoms. The number of carbonyl (C=O) groups excluding carboxylic acids is 2. The van der Waals surface area contributed by atoms with Gasteiger partial charge in [-0.2, -0.15) is 0 Å². The predicted octanol–water partition coefficient (Wildman–Crippen LogP) is 4.36. The highest BCUT2D eigenvalue weighted by atomic mass is 35.5. The van der Waals surface area contributed by atoms with Crippen molar-refractivity contribution in [2.45, 2.75) is 26.5 Å². The largest absolute Gasteiger partial charge is 0.493 e. The van der Waals surface area contributed by atoms with Crippen molar-refractivity contribution < 1.29 is 23.8 Å². The zero-order valence-corrected chi connectivity index (χ0v) is 18.6. The van der Waals surface area contributed by atoms with Gasteiger partial charge in [0.2, 0.25) is 0 Å². The third kappa shape index (κ3) is 5.11. The summed E-state index contributed by atoms with van der Waals surface area (Å²) in [5, 5.41) is 6.19. The average Bonchev–Trinajstić information content (AvgIpc) is 2.77. The van der Waals surface area contributed by atoms with Crippen LogP contribution in [0.3, 0.4) is 0 Å². The minimum Gasteiger partial charge on any atom is -0.493 e. The maximum absolute atomic E-state index is 12.6. The van der Waals surface area contributed by atoms with Gasteiger partial charge in [-0.25, -0.2) is 9.59 Å². The molecule has 7 nitrogen and oxygen atoms in total. The summed E-state index contributed by atoms with van der Waals surface area (Å²) < 4.78 is 16.4. The molecule has 0 radical (unpaired) electrons. The van der Waals surface area contributed by atoms with E-state index in [1.165, 1.54) is 7.11 Å². The number of esters is 1. The van der Waals surface area contributed by atoms with Crippen LogP contribution in [0.2, 0.25) is 5.02 Å². The van der Waals surface area contributed by atoms with Gasteiger partial charge in [-0.3, -0.25) is 0 Å². The lowest BCUT2D eigenvalue weighted by Gasteiger charge is -2.31. The zero-order chi connectivity index (χ0) is 22.5. The maximum atomic E-state index is 12.6.